The second-order valence-electron chi connectivity index (χ2n) is 18.2. The molecular formula is C39H64N4O4. The van der Waals surface area contributed by atoms with Crippen LogP contribution in [0.1, 0.15) is 118 Å². The number of ether oxygens (including phenoxy) is 2. The molecule has 47 heavy (non-hydrogen) atoms. The lowest BCUT2D eigenvalue weighted by atomic mass is 9.44. The van der Waals surface area contributed by atoms with Crippen molar-refractivity contribution >= 4 is 11.8 Å². The molecule has 0 aromatic rings. The van der Waals surface area contributed by atoms with E-state index < -0.39 is 0 Å². The third kappa shape index (κ3) is 5.62. The largest absolute Gasteiger partial charge is 0.353 e. The van der Waals surface area contributed by atoms with Crippen LogP contribution in [0.2, 0.25) is 0 Å². The SMILES string of the molecule is C[C@@H]1CC[C@@]2(OC1)O[C@H]1C[C@H]3[C@@H]4CC[C@H]5CC(NC(=O)CC(=O)N6CCN(N7CCCCC7)CC6)CC[C@]5(C)[C@H]4CC[C@]3(C)[C@H]1[C@@H]2C. The molecule has 4 aliphatic carbocycles. The average Bonchev–Trinajstić information content (AvgIpc) is 3.52. The van der Waals surface area contributed by atoms with Gasteiger partial charge in [0.1, 0.15) is 6.42 Å². The second kappa shape index (κ2) is 12.5. The summed E-state index contributed by atoms with van der Waals surface area (Å²) in [5, 5.41) is 8.25. The van der Waals surface area contributed by atoms with Crippen LogP contribution in [-0.4, -0.2) is 90.5 Å². The van der Waals surface area contributed by atoms with E-state index in [0.29, 0.717) is 40.6 Å². The van der Waals surface area contributed by atoms with Crippen molar-refractivity contribution in [2.75, 3.05) is 45.9 Å². The van der Waals surface area contributed by atoms with E-state index in [1.165, 1.54) is 64.2 Å². The van der Waals surface area contributed by atoms with E-state index in [0.717, 1.165) is 82.9 Å². The van der Waals surface area contributed by atoms with Gasteiger partial charge >= 0.3 is 0 Å². The van der Waals surface area contributed by atoms with E-state index in [1.54, 1.807) is 0 Å². The number of nitrogens with zero attached hydrogens (tertiary/aromatic N) is 3. The van der Waals surface area contributed by atoms with Gasteiger partial charge in [0, 0.05) is 57.6 Å². The van der Waals surface area contributed by atoms with Gasteiger partial charge in [-0.25, -0.2) is 10.0 Å². The van der Waals surface area contributed by atoms with Crippen molar-refractivity contribution in [3.05, 3.63) is 0 Å². The molecule has 12 atom stereocenters. The zero-order chi connectivity index (χ0) is 32.6. The minimum Gasteiger partial charge on any atom is -0.353 e. The van der Waals surface area contributed by atoms with Crippen molar-refractivity contribution in [3.8, 4) is 0 Å². The Labute approximate surface area is 284 Å². The van der Waals surface area contributed by atoms with Gasteiger partial charge in [-0.2, -0.15) is 0 Å². The summed E-state index contributed by atoms with van der Waals surface area (Å²) in [5.74, 6) is 4.39. The number of hydrazine groups is 1. The van der Waals surface area contributed by atoms with Gasteiger partial charge in [0.05, 0.1) is 12.7 Å². The summed E-state index contributed by atoms with van der Waals surface area (Å²) in [5.41, 5.74) is 0.728. The summed E-state index contributed by atoms with van der Waals surface area (Å²) in [7, 11) is 0. The van der Waals surface area contributed by atoms with Crippen molar-refractivity contribution in [3.63, 3.8) is 0 Å². The molecule has 4 saturated heterocycles. The van der Waals surface area contributed by atoms with Crippen LogP contribution >= 0.6 is 0 Å². The number of piperazine rings is 1. The predicted octanol–water partition coefficient (Wildman–Crippen LogP) is 5.85. The van der Waals surface area contributed by atoms with Crippen LogP contribution in [0, 0.1) is 52.3 Å². The number of carbonyl (C=O) groups excluding carboxylic acids is 2. The first-order valence-electron chi connectivity index (χ1n) is 20.0. The molecule has 8 rings (SSSR count). The first kappa shape index (κ1) is 33.0. The normalized spacial score (nSPS) is 48.8. The molecule has 0 radical (unpaired) electrons. The fourth-order valence-electron chi connectivity index (χ4n) is 13.3. The van der Waals surface area contributed by atoms with E-state index in [2.05, 4.69) is 43.0 Å². The Morgan fingerprint density at radius 1 is 0.787 bits per heavy atom. The van der Waals surface area contributed by atoms with Crippen LogP contribution in [0.5, 0.6) is 0 Å². The molecule has 8 fully saturated rings. The molecule has 1 N–H and O–H groups in total. The van der Waals surface area contributed by atoms with Gasteiger partial charge in [-0.05, 0) is 117 Å². The Hall–Kier alpha value is -1.22. The molecule has 8 aliphatic rings. The molecule has 1 spiro atoms. The van der Waals surface area contributed by atoms with E-state index >= 15 is 0 Å². The Balaban J connectivity index is 0.841. The Morgan fingerprint density at radius 2 is 1.53 bits per heavy atom. The summed E-state index contributed by atoms with van der Waals surface area (Å²) in [4.78, 5) is 28.2. The number of piperidine rings is 1. The molecule has 4 aliphatic heterocycles. The Bertz CT molecular complexity index is 1180. The Kier molecular flexibility index (Phi) is 8.78. The lowest BCUT2D eigenvalue weighted by Crippen LogP contribution is -2.57. The maximum absolute atomic E-state index is 13.2. The van der Waals surface area contributed by atoms with Gasteiger partial charge in [0.15, 0.2) is 5.79 Å². The molecule has 2 amide bonds. The smallest absolute Gasteiger partial charge is 0.232 e. The highest BCUT2D eigenvalue weighted by atomic mass is 16.7. The van der Waals surface area contributed by atoms with Gasteiger partial charge < -0.3 is 19.7 Å². The molecule has 0 aromatic carbocycles. The molecule has 8 heteroatoms. The van der Waals surface area contributed by atoms with Gasteiger partial charge in [-0.1, -0.05) is 34.1 Å². The number of rotatable bonds is 4. The number of hydrogen-bond acceptors (Lipinski definition) is 6. The van der Waals surface area contributed by atoms with Crippen molar-refractivity contribution in [2.24, 2.45) is 52.3 Å². The van der Waals surface area contributed by atoms with E-state index in [9.17, 15) is 9.59 Å². The molecule has 8 nitrogen and oxygen atoms in total. The summed E-state index contributed by atoms with van der Waals surface area (Å²) in [6, 6.07) is 0.212. The van der Waals surface area contributed by atoms with Crippen LogP contribution < -0.4 is 5.32 Å². The number of nitrogens with one attached hydrogen (secondary N) is 1. The average molecular weight is 653 g/mol. The highest BCUT2D eigenvalue weighted by Gasteiger charge is 2.69. The standard InChI is InChI=1S/C39H64N4O4/c1-26-10-15-39(46-25-26)27(2)36-33(47-39)23-32-30-9-8-28-22-29(11-13-37(28,3)31(30)12-14-38(32,36)4)40-34(44)24-35(45)41-18-20-43(21-19-41)42-16-6-5-7-17-42/h26-33,36H,5-25H2,1-4H3,(H,40,44)/t26-,27+,28+,29?,30-,31+,32+,33+,36+,37+,38+,39-/m1/s1. The number of hydrogen-bond donors (Lipinski definition) is 1. The topological polar surface area (TPSA) is 74.3 Å². The second-order valence-corrected chi connectivity index (χ2v) is 18.2. The molecule has 0 aromatic heterocycles. The zero-order valence-corrected chi connectivity index (χ0v) is 30.0. The van der Waals surface area contributed by atoms with Gasteiger partial charge in [-0.15, -0.1) is 0 Å². The number of fused-ring (bicyclic) bond motifs is 7. The Morgan fingerprint density at radius 3 is 2.28 bits per heavy atom. The van der Waals surface area contributed by atoms with Crippen LogP contribution in [0.15, 0.2) is 0 Å². The third-order valence-corrected chi connectivity index (χ3v) is 16.0. The van der Waals surface area contributed by atoms with Crippen molar-refractivity contribution in [2.45, 2.75) is 136 Å². The predicted molar refractivity (Wildman–Crippen MR) is 182 cm³/mol. The lowest BCUT2D eigenvalue weighted by molar-refractivity contribution is -0.273. The highest BCUT2D eigenvalue weighted by molar-refractivity contribution is 5.97. The third-order valence-electron chi connectivity index (χ3n) is 16.0. The maximum Gasteiger partial charge on any atom is 0.232 e. The van der Waals surface area contributed by atoms with Crippen molar-refractivity contribution in [1.82, 2.24) is 20.2 Å². The monoisotopic (exact) mass is 652 g/mol. The zero-order valence-electron chi connectivity index (χ0n) is 30.0. The van der Waals surface area contributed by atoms with E-state index in [4.69, 9.17) is 9.47 Å². The van der Waals surface area contributed by atoms with E-state index in [-0.39, 0.29) is 30.1 Å². The molecule has 4 saturated carbocycles. The minimum absolute atomic E-state index is 0.00128. The van der Waals surface area contributed by atoms with Gasteiger partial charge in [-0.3, -0.25) is 9.59 Å². The fraction of sp³-hybridized carbons (Fsp3) is 0.949. The summed E-state index contributed by atoms with van der Waals surface area (Å²) >= 11 is 0. The quantitative estimate of drug-likeness (QED) is 0.384. The number of carbonyl (C=O) groups is 2. The maximum atomic E-state index is 13.2. The minimum atomic E-state index is -0.328. The summed E-state index contributed by atoms with van der Waals surface area (Å²) in [6.45, 7) is 16.4. The van der Waals surface area contributed by atoms with Gasteiger partial charge in [0.25, 0.3) is 0 Å². The summed E-state index contributed by atoms with van der Waals surface area (Å²) < 4.78 is 13.5. The molecular weight excluding hydrogens is 588 g/mol. The first-order valence-corrected chi connectivity index (χ1v) is 20.0. The first-order chi connectivity index (χ1) is 22.6. The van der Waals surface area contributed by atoms with Crippen molar-refractivity contribution < 1.29 is 19.1 Å². The van der Waals surface area contributed by atoms with Gasteiger partial charge in [0.2, 0.25) is 11.8 Å². The highest BCUT2D eigenvalue weighted by Crippen LogP contribution is 2.71. The van der Waals surface area contributed by atoms with Crippen LogP contribution in [0.3, 0.4) is 0 Å². The van der Waals surface area contributed by atoms with Crippen molar-refractivity contribution in [1.29, 1.82) is 0 Å². The fourth-order valence-corrected chi connectivity index (χ4v) is 13.3. The molecule has 0 bridgehead atoms. The number of amides is 2. The lowest BCUT2D eigenvalue weighted by Gasteiger charge is -2.61. The van der Waals surface area contributed by atoms with Crippen LogP contribution in [0.4, 0.5) is 0 Å². The molecule has 264 valence electrons. The molecule has 1 unspecified atom stereocenters. The van der Waals surface area contributed by atoms with E-state index in [1.807, 2.05) is 4.90 Å². The van der Waals surface area contributed by atoms with Crippen LogP contribution in [0.25, 0.3) is 0 Å². The van der Waals surface area contributed by atoms with Crippen LogP contribution in [-0.2, 0) is 19.1 Å². The molecule has 4 heterocycles. The summed E-state index contributed by atoms with van der Waals surface area (Å²) in [6.07, 6.45) is 16.4.